The number of hydrogen-bond donors (Lipinski definition) is 3. The number of H-pyrrole nitrogens is 1. The zero-order chi connectivity index (χ0) is 28.5. The Labute approximate surface area is 224 Å². The van der Waals surface area contributed by atoms with Crippen LogP contribution < -0.4 is 21.4 Å². The number of nitrogens with two attached hydrogens (primary N) is 1. The second-order valence-corrected chi connectivity index (χ2v) is 8.09. The molecule has 0 radical (unpaired) electrons. The van der Waals surface area contributed by atoms with E-state index in [0.717, 1.165) is 13.0 Å². The lowest BCUT2D eigenvalue weighted by molar-refractivity contribution is -0.670. The van der Waals surface area contributed by atoms with Crippen LogP contribution in [0.1, 0.15) is 34.1 Å². The number of fused-ring (bicyclic) bond motifs is 1. The van der Waals surface area contributed by atoms with Gasteiger partial charge in [-0.3, -0.25) is 14.3 Å². The number of pyridine rings is 1. The zero-order valence-electron chi connectivity index (χ0n) is 22.8. The Kier molecular flexibility index (Phi) is 9.67. The van der Waals surface area contributed by atoms with E-state index >= 15 is 0 Å². The van der Waals surface area contributed by atoms with Gasteiger partial charge in [-0.05, 0) is 26.3 Å². The molecule has 15 nitrogen and oxygen atoms in total. The van der Waals surface area contributed by atoms with Crippen molar-refractivity contribution in [2.24, 2.45) is 27.5 Å². The number of nitrogens with one attached hydrogen (secondary N) is 1. The number of aryl methyl sites for hydroxylation is 1. The van der Waals surface area contributed by atoms with Gasteiger partial charge in [0.1, 0.15) is 12.7 Å². The molecule has 0 amide bonds. The summed E-state index contributed by atoms with van der Waals surface area (Å²) in [6, 6.07) is 3.60. The van der Waals surface area contributed by atoms with Gasteiger partial charge in [-0.15, -0.1) is 20.5 Å². The Balaban J connectivity index is 0.000000205. The molecule has 0 saturated carbocycles. The molecule has 15 heteroatoms. The number of aromatic amines is 1. The molecule has 5 rings (SSSR count). The standard InChI is InChI=1S/C13H17N5O2.C9H11N7O.C2H6/c1-4-17-12(19)11(13(20)18(17)5-2)15-14-10-7-6-8-16(3)9-10;10-7-6(13-14-9-11-2-3-12-9)8(17)16-5-1-4-15(7)16;1-2/h6-9H,4-5H2,1-3H3;2-3H,1,4-5,10H2,(H,11,12);1-2H3/p+1. The van der Waals surface area contributed by atoms with Crippen molar-refractivity contribution >= 4 is 28.8 Å². The lowest BCUT2D eigenvalue weighted by atomic mass is 10.4. The lowest BCUT2D eigenvalue weighted by Gasteiger charge is -2.06. The van der Waals surface area contributed by atoms with E-state index in [-0.39, 0.29) is 28.4 Å². The molecule has 0 bridgehead atoms. The summed E-state index contributed by atoms with van der Waals surface area (Å²) in [6.07, 6.45) is 7.76. The number of aromatic nitrogens is 7. The molecule has 39 heavy (non-hydrogen) atoms. The molecule has 0 atom stereocenters. The van der Waals surface area contributed by atoms with Crippen LogP contribution in [-0.4, -0.2) is 33.8 Å². The highest BCUT2D eigenvalue weighted by molar-refractivity contribution is 5.57. The second kappa shape index (κ2) is 13.1. The first-order chi connectivity index (χ1) is 18.8. The highest BCUT2D eigenvalue weighted by Crippen LogP contribution is 2.25. The Bertz CT molecular complexity index is 1550. The summed E-state index contributed by atoms with van der Waals surface area (Å²) in [5, 5.41) is 25.6. The molecule has 4 N–H and O–H groups in total. The monoisotopic (exact) mass is 539 g/mol. The molecule has 0 aliphatic carbocycles. The van der Waals surface area contributed by atoms with Gasteiger partial charge in [0.05, 0.1) is 0 Å². The fourth-order valence-corrected chi connectivity index (χ4v) is 3.96. The third-order valence-electron chi connectivity index (χ3n) is 5.69. The summed E-state index contributed by atoms with van der Waals surface area (Å²) in [5.74, 6) is 0.561. The summed E-state index contributed by atoms with van der Waals surface area (Å²) in [5.41, 5.74) is 6.08. The quantitative estimate of drug-likeness (QED) is 0.250. The van der Waals surface area contributed by atoms with Gasteiger partial charge in [-0.2, -0.15) is 0 Å². The summed E-state index contributed by atoms with van der Waals surface area (Å²) < 4.78 is 8.08. The molecule has 4 aromatic rings. The van der Waals surface area contributed by atoms with Gasteiger partial charge >= 0.3 is 0 Å². The normalized spacial score (nSPS) is 12.3. The minimum atomic E-state index is -0.337. The van der Waals surface area contributed by atoms with E-state index in [4.69, 9.17) is 5.73 Å². The average Bonchev–Trinajstić information content (AvgIpc) is 3.72. The number of rotatable bonds is 6. The average molecular weight is 540 g/mol. The summed E-state index contributed by atoms with van der Waals surface area (Å²) >= 11 is 0. The number of nitrogen functional groups attached to an aromatic ring is 1. The second-order valence-electron chi connectivity index (χ2n) is 8.09. The van der Waals surface area contributed by atoms with Gasteiger partial charge in [0.15, 0.2) is 23.9 Å². The molecule has 0 unspecified atom stereocenters. The number of azo groups is 2. The van der Waals surface area contributed by atoms with Gasteiger partial charge in [-0.25, -0.2) is 23.6 Å². The Morgan fingerprint density at radius 1 is 1.03 bits per heavy atom. The topological polar surface area (TPSA) is 182 Å². The van der Waals surface area contributed by atoms with Crippen LogP contribution in [0.2, 0.25) is 0 Å². The minimum absolute atomic E-state index is 0.0276. The Morgan fingerprint density at radius 3 is 2.31 bits per heavy atom. The maximum Gasteiger partial charge on any atom is 0.298 e. The molecule has 0 spiro atoms. The molecule has 0 fully saturated rings. The van der Waals surface area contributed by atoms with E-state index in [1.807, 2.05) is 51.6 Å². The predicted octanol–water partition coefficient (Wildman–Crippen LogP) is 3.44. The SMILES string of the molecule is CC.CCn1c(O)c(N=Nc2ccc[n+](C)c2)c(=O)n1CC.Nc1c(N=Nc2ncc[nH]2)c(=O)n2n1CCC2. The molecule has 4 aromatic heterocycles. The van der Waals surface area contributed by atoms with Crippen LogP contribution in [-0.2, 0) is 33.2 Å². The molecule has 208 valence electrons. The van der Waals surface area contributed by atoms with Crippen LogP contribution in [0.3, 0.4) is 0 Å². The molecular formula is C24H35N12O3+. The van der Waals surface area contributed by atoms with Crippen molar-refractivity contribution in [3.8, 4) is 5.88 Å². The Morgan fingerprint density at radius 2 is 1.72 bits per heavy atom. The summed E-state index contributed by atoms with van der Waals surface area (Å²) in [6.45, 7) is 10.1. The first-order valence-electron chi connectivity index (χ1n) is 12.7. The number of aromatic hydroxyl groups is 1. The van der Waals surface area contributed by atoms with E-state index in [9.17, 15) is 14.7 Å². The van der Waals surface area contributed by atoms with Crippen molar-refractivity contribution in [1.82, 2.24) is 28.7 Å². The number of hydrogen-bond acceptors (Lipinski definition) is 9. The zero-order valence-corrected chi connectivity index (χ0v) is 22.8. The molecule has 5 heterocycles. The van der Waals surface area contributed by atoms with Gasteiger partial charge in [0.25, 0.3) is 11.1 Å². The molecular weight excluding hydrogens is 504 g/mol. The van der Waals surface area contributed by atoms with Gasteiger partial charge in [0, 0.05) is 44.6 Å². The third-order valence-corrected chi connectivity index (χ3v) is 5.69. The van der Waals surface area contributed by atoms with Crippen molar-refractivity contribution in [1.29, 1.82) is 0 Å². The summed E-state index contributed by atoms with van der Waals surface area (Å²) in [7, 11) is 1.87. The molecule has 1 aliphatic rings. The van der Waals surface area contributed by atoms with E-state index in [1.54, 1.807) is 34.0 Å². The van der Waals surface area contributed by atoms with Crippen LogP contribution in [0.25, 0.3) is 0 Å². The summed E-state index contributed by atoms with van der Waals surface area (Å²) in [4.78, 5) is 30.7. The molecule has 1 aliphatic heterocycles. The minimum Gasteiger partial charge on any atom is -0.492 e. The van der Waals surface area contributed by atoms with Gasteiger partial charge in [0.2, 0.25) is 17.5 Å². The largest absolute Gasteiger partial charge is 0.492 e. The van der Waals surface area contributed by atoms with Crippen molar-refractivity contribution in [3.63, 3.8) is 0 Å². The van der Waals surface area contributed by atoms with Gasteiger partial charge in [-0.1, -0.05) is 13.8 Å². The van der Waals surface area contributed by atoms with Crippen molar-refractivity contribution in [2.75, 3.05) is 5.73 Å². The van der Waals surface area contributed by atoms with Gasteiger partial charge < -0.3 is 15.8 Å². The smallest absolute Gasteiger partial charge is 0.298 e. The van der Waals surface area contributed by atoms with Crippen LogP contribution in [0.5, 0.6) is 5.88 Å². The molecule has 0 aromatic carbocycles. The lowest BCUT2D eigenvalue weighted by Crippen LogP contribution is -2.25. The predicted molar refractivity (Wildman–Crippen MR) is 145 cm³/mol. The number of imidazole rings is 1. The van der Waals surface area contributed by atoms with Crippen LogP contribution in [0, 0.1) is 0 Å². The van der Waals surface area contributed by atoms with Crippen molar-refractivity contribution < 1.29 is 9.67 Å². The maximum atomic E-state index is 12.1. The van der Waals surface area contributed by atoms with E-state index in [2.05, 4.69) is 30.4 Å². The number of anilines is 1. The van der Waals surface area contributed by atoms with E-state index in [0.29, 0.717) is 37.1 Å². The fraction of sp³-hybridized carbons (Fsp3) is 0.417. The van der Waals surface area contributed by atoms with Crippen LogP contribution >= 0.6 is 0 Å². The van der Waals surface area contributed by atoms with Crippen molar-refractivity contribution in [2.45, 2.75) is 60.3 Å². The molecule has 0 saturated heterocycles. The first kappa shape index (κ1) is 28.7. The van der Waals surface area contributed by atoms with E-state index in [1.165, 1.54) is 9.36 Å². The fourth-order valence-electron chi connectivity index (χ4n) is 3.96. The Hall–Kier alpha value is -4.82. The highest BCUT2D eigenvalue weighted by atomic mass is 16.3. The highest BCUT2D eigenvalue weighted by Gasteiger charge is 2.21. The van der Waals surface area contributed by atoms with Crippen LogP contribution in [0.4, 0.5) is 28.8 Å². The number of nitrogens with zero attached hydrogens (tertiary/aromatic N) is 10. The first-order valence-corrected chi connectivity index (χ1v) is 12.7. The van der Waals surface area contributed by atoms with E-state index < -0.39 is 0 Å². The van der Waals surface area contributed by atoms with Crippen molar-refractivity contribution in [3.05, 3.63) is 57.6 Å². The third kappa shape index (κ3) is 6.19. The van der Waals surface area contributed by atoms with Crippen LogP contribution in [0.15, 0.2) is 67.0 Å². The maximum absolute atomic E-state index is 12.1.